The Hall–Kier alpha value is -3.30. The molecule has 0 atom stereocenters. The van der Waals surface area contributed by atoms with Crippen LogP contribution in [0.5, 0.6) is 11.5 Å². The first-order valence-electron chi connectivity index (χ1n) is 10.6. The van der Waals surface area contributed by atoms with E-state index in [1.807, 2.05) is 24.3 Å². The van der Waals surface area contributed by atoms with Gasteiger partial charge in [-0.25, -0.2) is 0 Å². The van der Waals surface area contributed by atoms with Crippen LogP contribution < -0.4 is 20.1 Å². The molecule has 0 bridgehead atoms. The van der Waals surface area contributed by atoms with E-state index in [1.165, 1.54) is 22.7 Å². The van der Waals surface area contributed by atoms with E-state index in [0.29, 0.717) is 42.7 Å². The summed E-state index contributed by atoms with van der Waals surface area (Å²) in [4.78, 5) is 27.0. The second-order valence-electron chi connectivity index (χ2n) is 7.67. The molecular weight excluding hydrogens is 539 g/mol. The minimum atomic E-state index is -0.381. The number of methoxy groups -OCH3 is 2. The molecule has 6 nitrogen and oxygen atoms in total. The first-order valence-corrected chi connectivity index (χ1v) is 13.0. The lowest BCUT2D eigenvalue weighted by atomic mass is 10.2. The Kier molecular flexibility index (Phi) is 6.77. The number of amides is 2. The molecule has 2 amide bonds. The van der Waals surface area contributed by atoms with Gasteiger partial charge in [-0.3, -0.25) is 9.59 Å². The van der Waals surface area contributed by atoms with Gasteiger partial charge in [0.25, 0.3) is 11.8 Å². The van der Waals surface area contributed by atoms with Gasteiger partial charge in [-0.2, -0.15) is 0 Å². The first-order chi connectivity index (χ1) is 17.4. The maximum absolute atomic E-state index is 13.1. The van der Waals surface area contributed by atoms with Crippen molar-refractivity contribution in [3.63, 3.8) is 0 Å². The number of anilines is 2. The van der Waals surface area contributed by atoms with Gasteiger partial charge in [0.05, 0.1) is 35.6 Å². The molecular formula is C26H18Cl2N2O4S2. The highest BCUT2D eigenvalue weighted by Crippen LogP contribution is 2.39. The highest BCUT2D eigenvalue weighted by molar-refractivity contribution is 7.22. The average Bonchev–Trinajstić information content (AvgIpc) is 3.40. The minimum Gasteiger partial charge on any atom is -0.497 e. The molecule has 2 N–H and O–H groups in total. The van der Waals surface area contributed by atoms with Crippen molar-refractivity contribution in [2.24, 2.45) is 0 Å². The van der Waals surface area contributed by atoms with Gasteiger partial charge >= 0.3 is 0 Å². The maximum Gasteiger partial charge on any atom is 0.267 e. The third kappa shape index (κ3) is 4.49. The minimum absolute atomic E-state index is 0.363. The number of thiophene rings is 2. The molecule has 0 aliphatic heterocycles. The molecule has 0 unspecified atom stereocenters. The van der Waals surface area contributed by atoms with E-state index < -0.39 is 0 Å². The fraction of sp³-hybridized carbons (Fsp3) is 0.0769. The fourth-order valence-electron chi connectivity index (χ4n) is 3.70. The third-order valence-electron chi connectivity index (χ3n) is 5.51. The van der Waals surface area contributed by atoms with E-state index in [9.17, 15) is 9.59 Å². The Morgan fingerprint density at radius 2 is 1.11 bits per heavy atom. The standard InChI is InChI=1S/C26H18Cl2N2O4S2/c1-33-13-7-9-15-19(11-13)35-23(21(15)27)25(31)29-17-5-3-4-6-18(17)30-26(32)24-22(28)16-10-8-14(34-2)12-20(16)36-24/h3-12H,1-2H3,(H,29,31)(H,30,32). The van der Waals surface area contributed by atoms with E-state index in [0.717, 1.165) is 20.2 Å². The van der Waals surface area contributed by atoms with Gasteiger partial charge in [0.15, 0.2) is 0 Å². The van der Waals surface area contributed by atoms with Gasteiger partial charge in [-0.05, 0) is 48.5 Å². The molecule has 10 heteroatoms. The van der Waals surface area contributed by atoms with Crippen molar-refractivity contribution in [1.29, 1.82) is 0 Å². The van der Waals surface area contributed by atoms with Gasteiger partial charge in [0, 0.05) is 20.2 Å². The SMILES string of the molecule is COc1ccc2c(Cl)c(C(=O)Nc3ccccc3NC(=O)c3sc4cc(OC)ccc4c3Cl)sc2c1. The van der Waals surface area contributed by atoms with Crippen molar-refractivity contribution in [3.8, 4) is 11.5 Å². The molecule has 2 aromatic heterocycles. The monoisotopic (exact) mass is 556 g/mol. The zero-order valence-corrected chi connectivity index (χ0v) is 22.1. The zero-order chi connectivity index (χ0) is 25.4. The number of carbonyl (C=O) groups excluding carboxylic acids is 2. The average molecular weight is 557 g/mol. The lowest BCUT2D eigenvalue weighted by molar-refractivity contribution is 0.102. The third-order valence-corrected chi connectivity index (χ3v) is 8.82. The van der Waals surface area contributed by atoms with E-state index in [4.69, 9.17) is 32.7 Å². The zero-order valence-electron chi connectivity index (χ0n) is 19.0. The summed E-state index contributed by atoms with van der Waals surface area (Å²) in [6.45, 7) is 0. The smallest absolute Gasteiger partial charge is 0.267 e. The summed E-state index contributed by atoms with van der Waals surface area (Å²) < 4.78 is 12.2. The van der Waals surface area contributed by atoms with Gasteiger partial charge in [0.1, 0.15) is 21.3 Å². The number of hydrogen-bond donors (Lipinski definition) is 2. The molecule has 0 saturated carbocycles. The first kappa shape index (κ1) is 24.4. The summed E-state index contributed by atoms with van der Waals surface area (Å²) in [6.07, 6.45) is 0. The maximum atomic E-state index is 13.1. The number of halogens is 2. The topological polar surface area (TPSA) is 76.7 Å². The highest BCUT2D eigenvalue weighted by Gasteiger charge is 2.21. The molecule has 5 rings (SSSR count). The van der Waals surface area contributed by atoms with Crippen molar-refractivity contribution < 1.29 is 19.1 Å². The number of rotatable bonds is 6. The Balaban J connectivity index is 1.41. The Morgan fingerprint density at radius 1 is 0.694 bits per heavy atom. The van der Waals surface area contributed by atoms with Crippen LogP contribution >= 0.6 is 45.9 Å². The summed E-state index contributed by atoms with van der Waals surface area (Å²) in [6, 6.07) is 17.8. The molecule has 0 aliphatic carbocycles. The fourth-order valence-corrected chi connectivity index (χ4v) is 6.58. The van der Waals surface area contributed by atoms with Crippen LogP contribution in [0.1, 0.15) is 19.3 Å². The van der Waals surface area contributed by atoms with E-state index >= 15 is 0 Å². The van der Waals surface area contributed by atoms with Crippen LogP contribution in [0.15, 0.2) is 60.7 Å². The largest absolute Gasteiger partial charge is 0.497 e. The Bertz CT molecular complexity index is 1520. The summed E-state index contributed by atoms with van der Waals surface area (Å²) in [5.41, 5.74) is 0.863. The Labute approximate surface area is 224 Å². The van der Waals surface area contributed by atoms with Gasteiger partial charge in [0.2, 0.25) is 0 Å². The van der Waals surface area contributed by atoms with Crippen molar-refractivity contribution >= 4 is 89.2 Å². The number of carbonyl (C=O) groups is 2. The van der Waals surface area contributed by atoms with Crippen molar-refractivity contribution in [1.82, 2.24) is 0 Å². The second-order valence-corrected chi connectivity index (χ2v) is 10.5. The predicted molar refractivity (Wildman–Crippen MR) is 149 cm³/mol. The number of hydrogen-bond acceptors (Lipinski definition) is 6. The van der Waals surface area contributed by atoms with Gasteiger partial charge in [-0.1, -0.05) is 35.3 Å². The van der Waals surface area contributed by atoms with E-state index in [2.05, 4.69) is 10.6 Å². The van der Waals surface area contributed by atoms with Crippen LogP contribution in [0, 0.1) is 0 Å². The van der Waals surface area contributed by atoms with Crippen LogP contribution in [0.2, 0.25) is 10.0 Å². The quantitative estimate of drug-likeness (QED) is 0.222. The molecule has 0 aliphatic rings. The summed E-state index contributed by atoms with van der Waals surface area (Å²) in [5, 5.41) is 8.00. The summed E-state index contributed by atoms with van der Waals surface area (Å²) in [5.74, 6) is 0.597. The summed E-state index contributed by atoms with van der Waals surface area (Å²) >= 11 is 15.6. The number of benzene rings is 3. The van der Waals surface area contributed by atoms with Crippen LogP contribution in [-0.2, 0) is 0 Å². The summed E-state index contributed by atoms with van der Waals surface area (Å²) in [7, 11) is 3.16. The molecule has 3 aromatic carbocycles. The molecule has 36 heavy (non-hydrogen) atoms. The van der Waals surface area contributed by atoms with Gasteiger partial charge in [-0.15, -0.1) is 22.7 Å². The molecule has 182 valence electrons. The van der Waals surface area contributed by atoms with Crippen LogP contribution in [-0.4, -0.2) is 26.0 Å². The molecule has 0 radical (unpaired) electrons. The van der Waals surface area contributed by atoms with Crippen LogP contribution in [0.3, 0.4) is 0 Å². The van der Waals surface area contributed by atoms with Crippen molar-refractivity contribution in [2.45, 2.75) is 0 Å². The van der Waals surface area contributed by atoms with Crippen molar-refractivity contribution in [2.75, 3.05) is 24.9 Å². The van der Waals surface area contributed by atoms with Crippen LogP contribution in [0.4, 0.5) is 11.4 Å². The van der Waals surface area contributed by atoms with E-state index in [1.54, 1.807) is 50.6 Å². The number of fused-ring (bicyclic) bond motifs is 2. The molecule has 0 spiro atoms. The molecule has 0 fully saturated rings. The normalized spacial score (nSPS) is 11.0. The molecule has 0 saturated heterocycles. The van der Waals surface area contributed by atoms with Gasteiger partial charge < -0.3 is 20.1 Å². The Morgan fingerprint density at radius 3 is 1.50 bits per heavy atom. The highest BCUT2D eigenvalue weighted by atomic mass is 35.5. The van der Waals surface area contributed by atoms with Crippen LogP contribution in [0.25, 0.3) is 20.2 Å². The van der Waals surface area contributed by atoms with E-state index in [-0.39, 0.29) is 11.8 Å². The lowest BCUT2D eigenvalue weighted by Crippen LogP contribution is -2.16. The molecule has 2 heterocycles. The molecule has 5 aromatic rings. The number of nitrogens with one attached hydrogen (secondary N) is 2. The second kappa shape index (κ2) is 9.99. The lowest BCUT2D eigenvalue weighted by Gasteiger charge is -2.11. The van der Waals surface area contributed by atoms with Crippen molar-refractivity contribution in [3.05, 3.63) is 80.5 Å². The number of para-hydroxylation sites is 2. The predicted octanol–water partition coefficient (Wildman–Crippen LogP) is 7.94. The number of ether oxygens (including phenoxy) is 2.